The summed E-state index contributed by atoms with van der Waals surface area (Å²) in [5, 5.41) is 5.70. The molecule has 8 heteroatoms. The molecule has 1 fully saturated rings. The number of carbonyl (C=O) groups is 4. The highest BCUT2D eigenvalue weighted by molar-refractivity contribution is 6.07. The molecule has 37 heavy (non-hydrogen) atoms. The lowest BCUT2D eigenvalue weighted by molar-refractivity contribution is -0.148. The molecule has 5 rings (SSSR count). The molecule has 3 aromatic carbocycles. The summed E-state index contributed by atoms with van der Waals surface area (Å²) >= 11 is 0. The van der Waals surface area contributed by atoms with E-state index in [1.165, 1.54) is 4.90 Å². The summed E-state index contributed by atoms with van der Waals surface area (Å²) in [6.45, 7) is -0.225. The van der Waals surface area contributed by atoms with Gasteiger partial charge < -0.3 is 20.3 Å². The van der Waals surface area contributed by atoms with Gasteiger partial charge in [-0.1, -0.05) is 66.7 Å². The van der Waals surface area contributed by atoms with Crippen LogP contribution in [0.4, 0.5) is 11.4 Å². The lowest BCUT2D eigenvalue weighted by Gasteiger charge is -2.29. The van der Waals surface area contributed by atoms with Gasteiger partial charge >= 0.3 is 5.97 Å². The van der Waals surface area contributed by atoms with E-state index >= 15 is 0 Å². The van der Waals surface area contributed by atoms with Gasteiger partial charge in [-0.25, -0.2) is 0 Å². The molecule has 2 aliphatic heterocycles. The van der Waals surface area contributed by atoms with E-state index in [1.54, 1.807) is 12.1 Å². The first-order valence-corrected chi connectivity index (χ1v) is 12.3. The fourth-order valence-corrected chi connectivity index (χ4v) is 4.92. The summed E-state index contributed by atoms with van der Waals surface area (Å²) in [4.78, 5) is 53.3. The monoisotopic (exact) mass is 497 g/mol. The molecule has 0 radical (unpaired) electrons. The topological polar surface area (TPSA) is 105 Å². The number of esters is 1. The number of fused-ring (bicyclic) bond motifs is 1. The van der Waals surface area contributed by atoms with Crippen molar-refractivity contribution < 1.29 is 23.9 Å². The number of nitrogens with zero attached hydrogens (tertiary/aromatic N) is 1. The van der Waals surface area contributed by atoms with Crippen LogP contribution in [0, 0.1) is 0 Å². The third-order valence-corrected chi connectivity index (χ3v) is 6.72. The van der Waals surface area contributed by atoms with E-state index in [2.05, 4.69) is 10.6 Å². The minimum Gasteiger partial charge on any atom is -0.452 e. The molecule has 2 heterocycles. The van der Waals surface area contributed by atoms with Crippen LogP contribution in [0.5, 0.6) is 0 Å². The zero-order chi connectivity index (χ0) is 25.8. The number of rotatable bonds is 6. The number of benzene rings is 3. The van der Waals surface area contributed by atoms with Crippen LogP contribution < -0.4 is 15.5 Å². The van der Waals surface area contributed by atoms with Crippen molar-refractivity contribution in [3.8, 4) is 0 Å². The van der Waals surface area contributed by atoms with Gasteiger partial charge in [0.2, 0.25) is 5.91 Å². The SMILES string of the molecule is O=C(CN1C(=O)[C@H](NC(=O)[C@@H]2CCC(=O)O2)[C@@H](c2ccccc2)Cc2ccccc21)Nc1ccccc1. The Morgan fingerprint density at radius 2 is 1.57 bits per heavy atom. The summed E-state index contributed by atoms with van der Waals surface area (Å²) < 4.78 is 5.15. The van der Waals surface area contributed by atoms with Crippen molar-refractivity contribution in [1.82, 2.24) is 5.32 Å². The number of hydrogen-bond donors (Lipinski definition) is 2. The molecule has 0 aliphatic carbocycles. The molecule has 1 saturated heterocycles. The predicted octanol–water partition coefficient (Wildman–Crippen LogP) is 3.19. The Labute approximate surface area is 214 Å². The lowest BCUT2D eigenvalue weighted by atomic mass is 9.86. The van der Waals surface area contributed by atoms with E-state index < -0.39 is 35.8 Å². The maximum atomic E-state index is 14.1. The third kappa shape index (κ3) is 5.38. The van der Waals surface area contributed by atoms with E-state index in [-0.39, 0.29) is 25.3 Å². The van der Waals surface area contributed by atoms with Gasteiger partial charge in [-0.05, 0) is 35.7 Å². The van der Waals surface area contributed by atoms with Crippen molar-refractivity contribution in [3.05, 3.63) is 96.1 Å². The minimum absolute atomic E-state index is 0.163. The first kappa shape index (κ1) is 24.2. The second-order valence-electron chi connectivity index (χ2n) is 9.19. The van der Waals surface area contributed by atoms with E-state index in [9.17, 15) is 19.2 Å². The molecule has 0 unspecified atom stereocenters. The average molecular weight is 498 g/mol. The molecular formula is C29H27N3O5. The maximum absolute atomic E-state index is 14.1. The van der Waals surface area contributed by atoms with Crippen molar-refractivity contribution in [2.75, 3.05) is 16.8 Å². The van der Waals surface area contributed by atoms with Crippen LogP contribution in [0.15, 0.2) is 84.9 Å². The Morgan fingerprint density at radius 1 is 0.892 bits per heavy atom. The molecule has 3 atom stereocenters. The van der Waals surface area contributed by atoms with Gasteiger partial charge in [0.1, 0.15) is 12.6 Å². The van der Waals surface area contributed by atoms with Gasteiger partial charge in [-0.15, -0.1) is 0 Å². The molecule has 3 aromatic rings. The molecular weight excluding hydrogens is 470 g/mol. The Hall–Kier alpha value is -4.46. The number of amides is 3. The fraction of sp³-hybridized carbons (Fsp3) is 0.241. The predicted molar refractivity (Wildman–Crippen MR) is 138 cm³/mol. The molecule has 0 bridgehead atoms. The van der Waals surface area contributed by atoms with Crippen molar-refractivity contribution in [3.63, 3.8) is 0 Å². The Kier molecular flexibility index (Phi) is 6.98. The van der Waals surface area contributed by atoms with E-state index in [0.29, 0.717) is 17.8 Å². The lowest BCUT2D eigenvalue weighted by Crippen LogP contribution is -2.54. The molecule has 2 N–H and O–H groups in total. The standard InChI is InChI=1S/C29H27N3O5/c33-25(30-21-12-5-2-6-13-21)18-32-23-14-8-7-11-20(23)17-22(19-9-3-1-4-10-19)27(29(32)36)31-28(35)24-15-16-26(34)37-24/h1-14,22,24,27H,15-18H2,(H,30,33)(H,31,35)/t22-,24+,27-/m1/s1. The number of cyclic esters (lactones) is 1. The van der Waals surface area contributed by atoms with Crippen LogP contribution >= 0.6 is 0 Å². The largest absolute Gasteiger partial charge is 0.452 e. The number of hydrogen-bond acceptors (Lipinski definition) is 5. The van der Waals surface area contributed by atoms with Gasteiger partial charge in [-0.3, -0.25) is 19.2 Å². The quantitative estimate of drug-likeness (QED) is 0.509. The molecule has 188 valence electrons. The number of ether oxygens (including phenoxy) is 1. The summed E-state index contributed by atoms with van der Waals surface area (Å²) in [5.74, 6) is -2.09. The second kappa shape index (κ2) is 10.7. The summed E-state index contributed by atoms with van der Waals surface area (Å²) in [6, 6.07) is 25.0. The molecule has 2 aliphatic rings. The first-order valence-electron chi connectivity index (χ1n) is 12.3. The zero-order valence-electron chi connectivity index (χ0n) is 20.1. The summed E-state index contributed by atoms with van der Waals surface area (Å²) in [5.41, 5.74) is 3.02. The van der Waals surface area contributed by atoms with Crippen LogP contribution in [0.25, 0.3) is 0 Å². The number of para-hydroxylation sites is 2. The highest BCUT2D eigenvalue weighted by Gasteiger charge is 2.41. The van der Waals surface area contributed by atoms with Gasteiger partial charge in [0.25, 0.3) is 11.8 Å². The highest BCUT2D eigenvalue weighted by Crippen LogP contribution is 2.35. The fourth-order valence-electron chi connectivity index (χ4n) is 4.92. The maximum Gasteiger partial charge on any atom is 0.306 e. The van der Waals surface area contributed by atoms with Gasteiger partial charge in [-0.2, -0.15) is 0 Å². The van der Waals surface area contributed by atoms with Crippen LogP contribution in [0.1, 0.15) is 29.9 Å². The van der Waals surface area contributed by atoms with Crippen LogP contribution in [-0.2, 0) is 30.3 Å². The highest BCUT2D eigenvalue weighted by atomic mass is 16.6. The first-order chi connectivity index (χ1) is 18.0. The molecule has 3 amide bonds. The Bertz CT molecular complexity index is 1310. The zero-order valence-corrected chi connectivity index (χ0v) is 20.1. The minimum atomic E-state index is -0.967. The molecule has 0 spiro atoms. The van der Waals surface area contributed by atoms with E-state index in [4.69, 9.17) is 4.74 Å². The second-order valence-corrected chi connectivity index (χ2v) is 9.19. The van der Waals surface area contributed by atoms with Crippen molar-refractivity contribution in [2.24, 2.45) is 0 Å². The summed E-state index contributed by atoms with van der Waals surface area (Å²) in [7, 11) is 0. The van der Waals surface area contributed by atoms with Crippen LogP contribution in [0.3, 0.4) is 0 Å². The van der Waals surface area contributed by atoms with Gasteiger partial charge in [0.15, 0.2) is 6.10 Å². The van der Waals surface area contributed by atoms with Gasteiger partial charge in [0.05, 0.1) is 0 Å². The molecule has 0 saturated carbocycles. The van der Waals surface area contributed by atoms with Crippen molar-refractivity contribution in [1.29, 1.82) is 0 Å². The van der Waals surface area contributed by atoms with E-state index in [0.717, 1.165) is 11.1 Å². The molecule has 8 nitrogen and oxygen atoms in total. The van der Waals surface area contributed by atoms with Crippen LogP contribution in [0.2, 0.25) is 0 Å². The van der Waals surface area contributed by atoms with Crippen molar-refractivity contribution in [2.45, 2.75) is 37.3 Å². The number of carbonyl (C=O) groups excluding carboxylic acids is 4. The summed E-state index contributed by atoms with van der Waals surface area (Å²) in [6.07, 6.45) is -0.0312. The molecule has 0 aromatic heterocycles. The Balaban J connectivity index is 1.49. The van der Waals surface area contributed by atoms with Gasteiger partial charge in [0, 0.05) is 30.1 Å². The van der Waals surface area contributed by atoms with Crippen LogP contribution in [-0.4, -0.2) is 42.4 Å². The number of anilines is 2. The normalized spacial score (nSPS) is 21.0. The van der Waals surface area contributed by atoms with Crippen molar-refractivity contribution >= 4 is 35.1 Å². The van der Waals surface area contributed by atoms with E-state index in [1.807, 2.05) is 72.8 Å². The average Bonchev–Trinajstić information content (AvgIpc) is 3.32. The third-order valence-electron chi connectivity index (χ3n) is 6.72. The Morgan fingerprint density at radius 3 is 2.27 bits per heavy atom. The number of nitrogens with one attached hydrogen (secondary N) is 2. The smallest absolute Gasteiger partial charge is 0.306 e.